The van der Waals surface area contributed by atoms with Crippen molar-refractivity contribution >= 4 is 11.8 Å². The second-order valence-corrected chi connectivity index (χ2v) is 7.16. The third-order valence-electron chi connectivity index (χ3n) is 3.37. The predicted molar refractivity (Wildman–Crippen MR) is 80.4 cm³/mol. The van der Waals surface area contributed by atoms with Gasteiger partial charge in [0, 0.05) is 21.2 Å². The highest BCUT2D eigenvalue weighted by atomic mass is 32.2. The van der Waals surface area contributed by atoms with E-state index in [1.54, 1.807) is 14.2 Å². The Morgan fingerprint density at radius 2 is 1.74 bits per heavy atom. The van der Waals surface area contributed by atoms with Crippen molar-refractivity contribution in [2.24, 2.45) is 5.73 Å². The summed E-state index contributed by atoms with van der Waals surface area (Å²) in [4.78, 5) is 1.18. The number of nitrogens with two attached hydrogens (primary N) is 1. The van der Waals surface area contributed by atoms with Crippen LogP contribution in [0.2, 0.25) is 0 Å². The summed E-state index contributed by atoms with van der Waals surface area (Å²) in [6, 6.07) is 4.18. The SMILES string of the molecule is COc1cc(SC(C)C)cc(OC)c1CC1(N)CC1. The second-order valence-electron chi connectivity index (χ2n) is 5.51. The zero-order valence-electron chi connectivity index (χ0n) is 12.2. The van der Waals surface area contributed by atoms with Crippen molar-refractivity contribution < 1.29 is 9.47 Å². The van der Waals surface area contributed by atoms with E-state index in [0.29, 0.717) is 5.25 Å². The van der Waals surface area contributed by atoms with E-state index >= 15 is 0 Å². The maximum atomic E-state index is 6.23. The highest BCUT2D eigenvalue weighted by Gasteiger charge is 2.39. The molecule has 2 N–H and O–H groups in total. The van der Waals surface area contributed by atoms with Crippen molar-refractivity contribution in [1.82, 2.24) is 0 Å². The second kappa shape index (κ2) is 5.63. The van der Waals surface area contributed by atoms with Gasteiger partial charge in [0.2, 0.25) is 0 Å². The third-order valence-corrected chi connectivity index (χ3v) is 4.35. The van der Waals surface area contributed by atoms with E-state index < -0.39 is 0 Å². The van der Waals surface area contributed by atoms with Crippen LogP contribution in [0.3, 0.4) is 0 Å². The van der Waals surface area contributed by atoms with E-state index in [0.717, 1.165) is 36.3 Å². The quantitative estimate of drug-likeness (QED) is 0.813. The first-order valence-corrected chi connectivity index (χ1v) is 7.56. The molecule has 4 heteroatoms. The van der Waals surface area contributed by atoms with Crippen LogP contribution < -0.4 is 15.2 Å². The van der Waals surface area contributed by atoms with E-state index in [1.165, 1.54) is 4.90 Å². The van der Waals surface area contributed by atoms with Crippen LogP contribution in [0.15, 0.2) is 17.0 Å². The fourth-order valence-corrected chi connectivity index (χ4v) is 3.06. The zero-order chi connectivity index (χ0) is 14.0. The van der Waals surface area contributed by atoms with E-state index in [2.05, 4.69) is 26.0 Å². The van der Waals surface area contributed by atoms with Gasteiger partial charge in [-0.15, -0.1) is 11.8 Å². The Morgan fingerprint density at radius 3 is 2.11 bits per heavy atom. The molecule has 3 nitrogen and oxygen atoms in total. The molecule has 106 valence electrons. The van der Waals surface area contributed by atoms with Crippen LogP contribution in [-0.2, 0) is 6.42 Å². The number of hydrogen-bond acceptors (Lipinski definition) is 4. The number of rotatable bonds is 6. The Balaban J connectivity index is 2.34. The smallest absolute Gasteiger partial charge is 0.126 e. The summed E-state index contributed by atoms with van der Waals surface area (Å²) in [5, 5.41) is 0.532. The molecule has 1 aliphatic carbocycles. The Bertz CT molecular complexity index is 430. The van der Waals surface area contributed by atoms with E-state index in [-0.39, 0.29) is 5.54 Å². The molecule has 1 aromatic rings. The lowest BCUT2D eigenvalue weighted by molar-refractivity contribution is 0.380. The van der Waals surface area contributed by atoms with Crippen molar-refractivity contribution in [3.05, 3.63) is 17.7 Å². The normalized spacial score (nSPS) is 16.5. The van der Waals surface area contributed by atoms with Crippen molar-refractivity contribution in [2.45, 2.75) is 48.8 Å². The molecule has 0 aromatic heterocycles. The first-order chi connectivity index (χ1) is 8.97. The minimum Gasteiger partial charge on any atom is -0.496 e. The molecule has 0 radical (unpaired) electrons. The lowest BCUT2D eigenvalue weighted by Gasteiger charge is -2.18. The number of hydrogen-bond donors (Lipinski definition) is 1. The molecule has 0 unspecified atom stereocenters. The van der Waals surface area contributed by atoms with Gasteiger partial charge in [-0.1, -0.05) is 13.8 Å². The van der Waals surface area contributed by atoms with E-state index in [9.17, 15) is 0 Å². The molecule has 0 aliphatic heterocycles. The number of benzene rings is 1. The van der Waals surface area contributed by atoms with Crippen LogP contribution in [0.1, 0.15) is 32.3 Å². The molecular weight excluding hydrogens is 258 g/mol. The molecule has 1 saturated carbocycles. The average Bonchev–Trinajstić information content (AvgIpc) is 3.07. The molecular formula is C15H23NO2S. The topological polar surface area (TPSA) is 44.5 Å². The molecule has 0 saturated heterocycles. The summed E-state index contributed by atoms with van der Waals surface area (Å²) >= 11 is 1.81. The fourth-order valence-electron chi connectivity index (χ4n) is 2.16. The van der Waals surface area contributed by atoms with Gasteiger partial charge in [-0.25, -0.2) is 0 Å². The summed E-state index contributed by atoms with van der Waals surface area (Å²) < 4.78 is 11.1. The molecule has 0 amide bonds. The van der Waals surface area contributed by atoms with Crippen molar-refractivity contribution in [3.8, 4) is 11.5 Å². The highest BCUT2D eigenvalue weighted by molar-refractivity contribution is 7.99. The molecule has 2 rings (SSSR count). The number of ether oxygens (including phenoxy) is 2. The standard InChI is InChI=1S/C15H23NO2S/c1-10(2)19-11-7-13(17-3)12(14(8-11)18-4)9-15(16)5-6-15/h7-8,10H,5-6,9,16H2,1-4H3. The van der Waals surface area contributed by atoms with Gasteiger partial charge in [-0.2, -0.15) is 0 Å². The minimum absolute atomic E-state index is 0.0483. The van der Waals surface area contributed by atoms with Gasteiger partial charge in [0.25, 0.3) is 0 Å². The first kappa shape index (κ1) is 14.5. The Labute approximate surface area is 119 Å². The Morgan fingerprint density at radius 1 is 1.21 bits per heavy atom. The first-order valence-electron chi connectivity index (χ1n) is 6.68. The van der Waals surface area contributed by atoms with Crippen LogP contribution in [0.25, 0.3) is 0 Å². The fraction of sp³-hybridized carbons (Fsp3) is 0.600. The van der Waals surface area contributed by atoms with Gasteiger partial charge in [-0.05, 0) is 31.4 Å². The molecule has 0 spiro atoms. The van der Waals surface area contributed by atoms with Gasteiger partial charge < -0.3 is 15.2 Å². The van der Waals surface area contributed by atoms with Gasteiger partial charge in [0.05, 0.1) is 14.2 Å². The van der Waals surface area contributed by atoms with Gasteiger partial charge in [0.1, 0.15) is 11.5 Å². The minimum atomic E-state index is -0.0483. The van der Waals surface area contributed by atoms with Crippen molar-refractivity contribution in [2.75, 3.05) is 14.2 Å². The van der Waals surface area contributed by atoms with Crippen LogP contribution in [0, 0.1) is 0 Å². The number of thioether (sulfide) groups is 1. The summed E-state index contributed by atoms with van der Waals surface area (Å²) in [6.45, 7) is 4.35. The van der Waals surface area contributed by atoms with Crippen molar-refractivity contribution in [1.29, 1.82) is 0 Å². The summed E-state index contributed by atoms with van der Waals surface area (Å²) in [5.74, 6) is 1.78. The highest BCUT2D eigenvalue weighted by Crippen LogP contribution is 2.43. The van der Waals surface area contributed by atoms with E-state index in [4.69, 9.17) is 15.2 Å². The lowest BCUT2D eigenvalue weighted by atomic mass is 10.0. The van der Waals surface area contributed by atoms with Crippen LogP contribution in [0.4, 0.5) is 0 Å². The van der Waals surface area contributed by atoms with Gasteiger partial charge in [0.15, 0.2) is 0 Å². The largest absolute Gasteiger partial charge is 0.496 e. The van der Waals surface area contributed by atoms with E-state index in [1.807, 2.05) is 11.8 Å². The summed E-state index contributed by atoms with van der Waals surface area (Å²) in [6.07, 6.45) is 3.00. The third kappa shape index (κ3) is 3.57. The van der Waals surface area contributed by atoms with Crippen LogP contribution in [0.5, 0.6) is 11.5 Å². The number of methoxy groups -OCH3 is 2. The maximum absolute atomic E-state index is 6.23. The summed E-state index contributed by atoms with van der Waals surface area (Å²) in [5.41, 5.74) is 7.28. The summed E-state index contributed by atoms with van der Waals surface area (Å²) in [7, 11) is 3.41. The Hall–Kier alpha value is -0.870. The molecule has 1 fully saturated rings. The van der Waals surface area contributed by atoms with Crippen LogP contribution >= 0.6 is 11.8 Å². The monoisotopic (exact) mass is 281 g/mol. The van der Waals surface area contributed by atoms with Gasteiger partial charge in [-0.3, -0.25) is 0 Å². The van der Waals surface area contributed by atoms with Crippen LogP contribution in [-0.4, -0.2) is 25.0 Å². The molecule has 19 heavy (non-hydrogen) atoms. The average molecular weight is 281 g/mol. The molecule has 0 heterocycles. The molecule has 1 aliphatic rings. The predicted octanol–water partition coefficient (Wildman–Crippen LogP) is 3.24. The lowest BCUT2D eigenvalue weighted by Crippen LogP contribution is -2.25. The maximum Gasteiger partial charge on any atom is 0.126 e. The zero-order valence-corrected chi connectivity index (χ0v) is 13.0. The Kier molecular flexibility index (Phi) is 4.31. The van der Waals surface area contributed by atoms with Gasteiger partial charge >= 0.3 is 0 Å². The van der Waals surface area contributed by atoms with Crippen molar-refractivity contribution in [3.63, 3.8) is 0 Å². The molecule has 0 atom stereocenters. The molecule has 0 bridgehead atoms. The molecule has 1 aromatic carbocycles.